The molecule has 0 saturated carbocycles. The van der Waals surface area contributed by atoms with Gasteiger partial charge in [-0.2, -0.15) is 0 Å². The molecule has 0 spiro atoms. The summed E-state index contributed by atoms with van der Waals surface area (Å²) in [6.07, 6.45) is 1.97. The predicted octanol–water partition coefficient (Wildman–Crippen LogP) is 5.08. The highest BCUT2D eigenvalue weighted by molar-refractivity contribution is 5.89. The van der Waals surface area contributed by atoms with Crippen molar-refractivity contribution in [3.05, 3.63) is 84.9 Å². The van der Waals surface area contributed by atoms with Gasteiger partial charge < -0.3 is 14.2 Å². The number of hydrogen-bond acceptors (Lipinski definition) is 5. The Morgan fingerprint density at radius 2 is 1.34 bits per heavy atom. The van der Waals surface area contributed by atoms with Crippen LogP contribution in [0.5, 0.6) is 11.5 Å². The Morgan fingerprint density at radius 3 is 1.83 bits per heavy atom. The second kappa shape index (κ2) is 9.45. The van der Waals surface area contributed by atoms with E-state index < -0.39 is 23.6 Å². The highest BCUT2D eigenvalue weighted by Crippen LogP contribution is 2.29. The van der Waals surface area contributed by atoms with Crippen molar-refractivity contribution >= 4 is 11.9 Å². The van der Waals surface area contributed by atoms with E-state index in [0.717, 1.165) is 24.7 Å². The minimum atomic E-state index is -0.778. The molecular formula is C22H18F2O5. The zero-order valence-corrected chi connectivity index (χ0v) is 15.8. The first-order chi connectivity index (χ1) is 13.7. The Kier molecular flexibility index (Phi) is 7.03. The van der Waals surface area contributed by atoms with Crippen molar-refractivity contribution in [2.24, 2.45) is 0 Å². The fourth-order valence-electron chi connectivity index (χ4n) is 2.02. The summed E-state index contributed by atoms with van der Waals surface area (Å²) in [5, 5.41) is 0. The summed E-state index contributed by atoms with van der Waals surface area (Å²) in [6, 6.07) is 7.87. The fourth-order valence-corrected chi connectivity index (χ4v) is 2.02. The van der Waals surface area contributed by atoms with Crippen molar-refractivity contribution in [1.82, 2.24) is 0 Å². The molecule has 0 unspecified atom stereocenters. The highest BCUT2D eigenvalue weighted by Gasteiger charge is 2.12. The van der Waals surface area contributed by atoms with E-state index in [1.54, 1.807) is 0 Å². The molecule has 29 heavy (non-hydrogen) atoms. The van der Waals surface area contributed by atoms with Gasteiger partial charge in [-0.05, 0) is 49.2 Å². The summed E-state index contributed by atoms with van der Waals surface area (Å²) in [6.45, 7) is 9.76. The Morgan fingerprint density at radius 1 is 0.828 bits per heavy atom. The maximum atomic E-state index is 14.2. The average Bonchev–Trinajstić information content (AvgIpc) is 2.67. The molecule has 0 aliphatic heterocycles. The second-order valence-electron chi connectivity index (χ2n) is 6.04. The minimum absolute atomic E-state index is 0.121. The van der Waals surface area contributed by atoms with Gasteiger partial charge in [-0.25, -0.2) is 18.4 Å². The van der Waals surface area contributed by atoms with Crippen molar-refractivity contribution < 1.29 is 32.6 Å². The normalized spacial score (nSPS) is 10.5. The van der Waals surface area contributed by atoms with Crippen LogP contribution in [0.1, 0.15) is 13.8 Å². The zero-order valence-electron chi connectivity index (χ0n) is 15.8. The summed E-state index contributed by atoms with van der Waals surface area (Å²) >= 11 is 0. The second-order valence-corrected chi connectivity index (χ2v) is 6.04. The van der Waals surface area contributed by atoms with E-state index in [4.69, 9.17) is 9.47 Å². The lowest BCUT2D eigenvalue weighted by molar-refractivity contribution is -0.133. The van der Waals surface area contributed by atoms with Crippen molar-refractivity contribution in [3.8, 4) is 22.6 Å². The molecular weight excluding hydrogens is 382 g/mol. The van der Waals surface area contributed by atoms with Crippen LogP contribution >= 0.6 is 0 Å². The van der Waals surface area contributed by atoms with Gasteiger partial charge in [-0.15, -0.1) is 0 Å². The summed E-state index contributed by atoms with van der Waals surface area (Å²) in [5.74, 6) is -3.25. The predicted molar refractivity (Wildman–Crippen MR) is 103 cm³/mol. The van der Waals surface area contributed by atoms with Gasteiger partial charge in [0.25, 0.3) is 0 Å². The quantitative estimate of drug-likeness (QED) is 0.281. The first-order valence-electron chi connectivity index (χ1n) is 8.34. The molecule has 0 amide bonds. The first kappa shape index (κ1) is 21.6. The van der Waals surface area contributed by atoms with E-state index in [1.165, 1.54) is 38.1 Å². The minimum Gasteiger partial charge on any atom is -0.459 e. The van der Waals surface area contributed by atoms with Crippen molar-refractivity contribution in [1.29, 1.82) is 0 Å². The molecule has 2 aromatic rings. The van der Waals surface area contributed by atoms with Crippen LogP contribution in [0.4, 0.5) is 8.78 Å². The molecule has 0 aliphatic carbocycles. The average molecular weight is 400 g/mol. The van der Waals surface area contributed by atoms with Gasteiger partial charge in [0.1, 0.15) is 12.5 Å². The number of hydrogen-bond donors (Lipinski definition) is 0. The number of ether oxygens (including phenoxy) is 3. The number of benzene rings is 2. The summed E-state index contributed by atoms with van der Waals surface area (Å²) in [7, 11) is 0. The molecule has 0 fully saturated rings. The van der Waals surface area contributed by atoms with E-state index in [9.17, 15) is 18.4 Å². The van der Waals surface area contributed by atoms with Crippen LogP contribution in [0.25, 0.3) is 11.1 Å². The van der Waals surface area contributed by atoms with Crippen molar-refractivity contribution in [3.63, 3.8) is 0 Å². The Hall–Kier alpha value is -3.74. The van der Waals surface area contributed by atoms with Crippen molar-refractivity contribution in [2.45, 2.75) is 13.8 Å². The van der Waals surface area contributed by atoms with E-state index in [1.807, 2.05) is 0 Å². The van der Waals surface area contributed by atoms with Gasteiger partial charge in [0.2, 0.25) is 0 Å². The van der Waals surface area contributed by atoms with E-state index in [-0.39, 0.29) is 22.6 Å². The third-order valence-electron chi connectivity index (χ3n) is 3.52. The topological polar surface area (TPSA) is 61.8 Å². The molecule has 2 aromatic carbocycles. The lowest BCUT2D eigenvalue weighted by Crippen LogP contribution is -2.09. The smallest absolute Gasteiger partial charge is 0.338 e. The SMILES string of the molecule is C=C(C)C(=O)OC=COc1ccc(-c2ccc(OC(=O)C(=C)C)c(F)c2)cc1F. The standard InChI is InChI=1S/C22H18F2O5/c1-13(2)21(25)28-10-9-27-19-7-5-15(11-17(19)23)16-6-8-20(18(24)12-16)29-22(26)14(3)4/h5-12H,1,3H2,2,4H3. The van der Waals surface area contributed by atoms with Crippen LogP contribution in [-0.4, -0.2) is 11.9 Å². The van der Waals surface area contributed by atoms with E-state index in [2.05, 4.69) is 17.9 Å². The lowest BCUT2D eigenvalue weighted by atomic mass is 10.0. The number of carbonyl (C=O) groups excluding carboxylic acids is 2. The van der Waals surface area contributed by atoms with Gasteiger partial charge >= 0.3 is 11.9 Å². The van der Waals surface area contributed by atoms with Gasteiger partial charge in [0.15, 0.2) is 23.1 Å². The van der Waals surface area contributed by atoms with E-state index >= 15 is 0 Å². The third kappa shape index (κ3) is 5.87. The number of carbonyl (C=O) groups is 2. The number of rotatable bonds is 7. The first-order valence-corrected chi connectivity index (χ1v) is 8.34. The maximum Gasteiger partial charge on any atom is 0.338 e. The molecule has 0 aliphatic rings. The molecule has 5 nitrogen and oxygen atoms in total. The lowest BCUT2D eigenvalue weighted by Gasteiger charge is -2.09. The fraction of sp³-hybridized carbons (Fsp3) is 0.0909. The maximum absolute atomic E-state index is 14.2. The van der Waals surface area contributed by atoms with Crippen LogP contribution < -0.4 is 9.47 Å². The number of halogens is 2. The Bertz CT molecular complexity index is 1010. The van der Waals surface area contributed by atoms with Crippen LogP contribution in [-0.2, 0) is 14.3 Å². The molecule has 0 atom stereocenters. The van der Waals surface area contributed by atoms with Gasteiger partial charge in [-0.3, -0.25) is 0 Å². The zero-order chi connectivity index (χ0) is 21.6. The molecule has 7 heteroatoms. The third-order valence-corrected chi connectivity index (χ3v) is 3.52. The molecule has 0 radical (unpaired) electrons. The molecule has 0 aromatic heterocycles. The van der Waals surface area contributed by atoms with Gasteiger partial charge in [0, 0.05) is 11.1 Å². The van der Waals surface area contributed by atoms with Gasteiger partial charge in [-0.1, -0.05) is 25.3 Å². The van der Waals surface area contributed by atoms with Crippen LogP contribution in [0.2, 0.25) is 0 Å². The Balaban J connectivity index is 2.11. The van der Waals surface area contributed by atoms with Crippen LogP contribution in [0.3, 0.4) is 0 Å². The molecule has 0 N–H and O–H groups in total. The molecule has 0 saturated heterocycles. The summed E-state index contributed by atoms with van der Waals surface area (Å²) in [4.78, 5) is 22.7. The Labute approximate surface area is 166 Å². The van der Waals surface area contributed by atoms with Gasteiger partial charge in [0.05, 0.1) is 0 Å². The monoisotopic (exact) mass is 400 g/mol. The number of esters is 2. The molecule has 150 valence electrons. The van der Waals surface area contributed by atoms with Crippen LogP contribution in [0, 0.1) is 11.6 Å². The highest BCUT2D eigenvalue weighted by atomic mass is 19.1. The molecule has 0 heterocycles. The summed E-state index contributed by atoms with van der Waals surface area (Å²) in [5.41, 5.74) is 1.09. The molecule has 0 bridgehead atoms. The molecule has 2 rings (SSSR count). The largest absolute Gasteiger partial charge is 0.459 e. The van der Waals surface area contributed by atoms with Crippen LogP contribution in [0.15, 0.2) is 73.2 Å². The van der Waals surface area contributed by atoms with Crippen molar-refractivity contribution in [2.75, 3.05) is 0 Å². The van der Waals surface area contributed by atoms with E-state index in [0.29, 0.717) is 11.1 Å². The summed E-state index contributed by atoms with van der Waals surface area (Å²) < 4.78 is 43.0.